The first-order valence-corrected chi connectivity index (χ1v) is 11.1. The van der Waals surface area contributed by atoms with Crippen LogP contribution >= 0.6 is 0 Å². The molecule has 3 aromatic rings. The molecule has 1 unspecified atom stereocenters. The van der Waals surface area contributed by atoms with Crippen molar-refractivity contribution in [1.82, 2.24) is 15.4 Å². The van der Waals surface area contributed by atoms with Gasteiger partial charge in [0.2, 0.25) is 0 Å². The molecule has 2 heterocycles. The number of carbonyl (C=O) groups excluding carboxylic acids is 2. The van der Waals surface area contributed by atoms with E-state index in [1.54, 1.807) is 6.08 Å². The van der Waals surface area contributed by atoms with Crippen LogP contribution in [0, 0.1) is 0 Å². The molecule has 1 atom stereocenters. The highest BCUT2D eigenvalue weighted by molar-refractivity contribution is 5.98. The number of hydroxylamine groups is 1. The topological polar surface area (TPSA) is 93.3 Å². The Balaban J connectivity index is 1.36. The summed E-state index contributed by atoms with van der Waals surface area (Å²) in [6, 6.07) is 17.5. The zero-order valence-electron chi connectivity index (χ0n) is 18.5. The zero-order chi connectivity index (χ0) is 23.0. The number of ether oxygens (including phenoxy) is 1. The van der Waals surface area contributed by atoms with Crippen LogP contribution < -0.4 is 5.48 Å². The van der Waals surface area contributed by atoms with E-state index in [9.17, 15) is 9.59 Å². The van der Waals surface area contributed by atoms with Gasteiger partial charge in [-0.3, -0.25) is 9.59 Å². The number of imidazole rings is 1. The average molecular weight is 446 g/mol. The van der Waals surface area contributed by atoms with Gasteiger partial charge in [0.1, 0.15) is 11.5 Å². The highest BCUT2D eigenvalue weighted by Gasteiger charge is 2.16. The van der Waals surface area contributed by atoms with Crippen molar-refractivity contribution in [3.8, 4) is 11.3 Å². The van der Waals surface area contributed by atoms with E-state index in [4.69, 9.17) is 9.57 Å². The summed E-state index contributed by atoms with van der Waals surface area (Å²) in [6.45, 7) is 2.19. The number of aromatic nitrogens is 2. The number of hydrogen-bond acceptors (Lipinski definition) is 5. The molecule has 0 aliphatic carbocycles. The molecule has 1 fully saturated rings. The molecule has 1 aromatic heterocycles. The second kappa shape index (κ2) is 10.8. The average Bonchev–Trinajstić information content (AvgIpc) is 3.28. The minimum Gasteiger partial charge on any atom is -0.350 e. The lowest BCUT2D eigenvalue weighted by molar-refractivity contribution is -0.198. The van der Waals surface area contributed by atoms with Crippen molar-refractivity contribution in [3.63, 3.8) is 0 Å². The van der Waals surface area contributed by atoms with Crippen LogP contribution in [-0.4, -0.2) is 34.6 Å². The number of Topliss-reactive ketones (excluding diaryl/α,β-unsaturated/α-hetero) is 1. The summed E-state index contributed by atoms with van der Waals surface area (Å²) in [5.41, 5.74) is 6.42. The Hall–Kier alpha value is -3.55. The quantitative estimate of drug-likeness (QED) is 0.303. The van der Waals surface area contributed by atoms with Gasteiger partial charge in [-0.1, -0.05) is 54.6 Å². The van der Waals surface area contributed by atoms with Gasteiger partial charge in [-0.2, -0.15) is 0 Å². The van der Waals surface area contributed by atoms with Crippen LogP contribution in [0.4, 0.5) is 0 Å². The Morgan fingerprint density at radius 1 is 1.15 bits per heavy atom. The fraction of sp³-hybridized carbons (Fsp3) is 0.269. The molecule has 1 saturated heterocycles. The van der Waals surface area contributed by atoms with Crippen molar-refractivity contribution in [2.45, 2.75) is 38.9 Å². The van der Waals surface area contributed by atoms with Crippen LogP contribution in [0.3, 0.4) is 0 Å². The van der Waals surface area contributed by atoms with Gasteiger partial charge in [0.05, 0.1) is 5.69 Å². The number of ketones is 1. The standard InChI is InChI=1S/C26H27N3O4/c1-18(30)25-26(21-7-3-2-4-8-21)28-22(27-25)17-20-12-10-19(11-13-20)14-15-23(31)29-33-24-9-5-6-16-32-24/h2-4,7-8,10-15,24H,5-6,9,16-17H2,1H3,(H,27,28)(H,29,31). The molecule has 0 spiro atoms. The van der Waals surface area contributed by atoms with Crippen molar-refractivity contribution in [2.24, 2.45) is 0 Å². The van der Waals surface area contributed by atoms with Gasteiger partial charge in [0.15, 0.2) is 12.1 Å². The largest absolute Gasteiger partial charge is 0.350 e. The SMILES string of the molecule is CC(=O)c1[nH]c(Cc2ccc(C=CC(=O)NOC3CCCCO3)cc2)nc1-c1ccccc1. The Morgan fingerprint density at radius 3 is 2.64 bits per heavy atom. The Kier molecular flexibility index (Phi) is 7.44. The Morgan fingerprint density at radius 2 is 1.94 bits per heavy atom. The maximum atomic E-state index is 12.1. The molecule has 1 amide bonds. The minimum atomic E-state index is -0.372. The Bertz CT molecular complexity index is 1110. The fourth-order valence-electron chi connectivity index (χ4n) is 3.64. The van der Waals surface area contributed by atoms with E-state index < -0.39 is 0 Å². The summed E-state index contributed by atoms with van der Waals surface area (Å²) in [6.07, 6.45) is 6.17. The van der Waals surface area contributed by atoms with E-state index in [1.165, 1.54) is 13.0 Å². The van der Waals surface area contributed by atoms with Gasteiger partial charge in [-0.15, -0.1) is 0 Å². The van der Waals surface area contributed by atoms with Crippen molar-refractivity contribution >= 4 is 17.8 Å². The molecule has 0 bridgehead atoms. The van der Waals surface area contributed by atoms with Gasteiger partial charge in [0, 0.05) is 38.0 Å². The van der Waals surface area contributed by atoms with Gasteiger partial charge >= 0.3 is 0 Å². The van der Waals surface area contributed by atoms with Crippen LogP contribution in [0.15, 0.2) is 60.7 Å². The van der Waals surface area contributed by atoms with E-state index in [1.807, 2.05) is 54.6 Å². The van der Waals surface area contributed by atoms with E-state index in [0.29, 0.717) is 24.4 Å². The van der Waals surface area contributed by atoms with Gasteiger partial charge in [-0.05, 0) is 30.0 Å². The molecule has 1 aliphatic heterocycles. The number of amides is 1. The van der Waals surface area contributed by atoms with Crippen LogP contribution in [0.2, 0.25) is 0 Å². The summed E-state index contributed by atoms with van der Waals surface area (Å²) in [7, 11) is 0. The summed E-state index contributed by atoms with van der Waals surface area (Å²) in [5, 5.41) is 0. The molecule has 4 rings (SSSR count). The van der Waals surface area contributed by atoms with Gasteiger partial charge in [0.25, 0.3) is 5.91 Å². The van der Waals surface area contributed by atoms with Crippen molar-refractivity contribution in [1.29, 1.82) is 0 Å². The maximum Gasteiger partial charge on any atom is 0.267 e. The first-order valence-electron chi connectivity index (χ1n) is 11.1. The number of H-pyrrole nitrogens is 1. The van der Waals surface area contributed by atoms with Crippen LogP contribution in [0.5, 0.6) is 0 Å². The summed E-state index contributed by atoms with van der Waals surface area (Å²) < 4.78 is 5.41. The predicted molar refractivity (Wildman–Crippen MR) is 125 cm³/mol. The zero-order valence-corrected chi connectivity index (χ0v) is 18.5. The summed E-state index contributed by atoms with van der Waals surface area (Å²) >= 11 is 0. The lowest BCUT2D eigenvalue weighted by Crippen LogP contribution is -2.32. The number of nitrogens with zero attached hydrogens (tertiary/aromatic N) is 1. The highest BCUT2D eigenvalue weighted by atomic mass is 16.8. The second-order valence-electron chi connectivity index (χ2n) is 7.96. The molecule has 0 radical (unpaired) electrons. The van der Waals surface area contributed by atoms with E-state index in [0.717, 1.165) is 41.8 Å². The normalized spacial score (nSPS) is 16.1. The number of hydrogen-bond donors (Lipinski definition) is 2. The molecular formula is C26H27N3O4. The summed E-state index contributed by atoms with van der Waals surface area (Å²) in [4.78, 5) is 37.2. The maximum absolute atomic E-state index is 12.1. The number of aromatic amines is 1. The van der Waals surface area contributed by atoms with Crippen LogP contribution in [0.1, 0.15) is 53.6 Å². The third-order valence-electron chi connectivity index (χ3n) is 5.36. The van der Waals surface area contributed by atoms with E-state index in [2.05, 4.69) is 15.4 Å². The third-order valence-corrected chi connectivity index (χ3v) is 5.36. The molecular weight excluding hydrogens is 418 g/mol. The van der Waals surface area contributed by atoms with E-state index in [-0.39, 0.29) is 18.0 Å². The molecule has 2 N–H and O–H groups in total. The molecule has 2 aromatic carbocycles. The summed E-state index contributed by atoms with van der Waals surface area (Å²) in [5.74, 6) is 0.336. The lowest BCUT2D eigenvalue weighted by Gasteiger charge is -2.21. The first-order chi connectivity index (χ1) is 16.1. The fourth-order valence-corrected chi connectivity index (χ4v) is 3.64. The third kappa shape index (κ3) is 6.25. The molecule has 33 heavy (non-hydrogen) atoms. The molecule has 7 heteroatoms. The number of nitrogens with one attached hydrogen (secondary N) is 2. The predicted octanol–water partition coefficient (Wildman–Crippen LogP) is 4.46. The van der Waals surface area contributed by atoms with Crippen LogP contribution in [0.25, 0.3) is 17.3 Å². The van der Waals surface area contributed by atoms with Gasteiger partial charge in [-0.25, -0.2) is 15.3 Å². The molecule has 0 saturated carbocycles. The molecule has 170 valence electrons. The number of benzene rings is 2. The Labute approximate surface area is 192 Å². The van der Waals surface area contributed by atoms with Crippen molar-refractivity contribution < 1.29 is 19.2 Å². The van der Waals surface area contributed by atoms with E-state index >= 15 is 0 Å². The smallest absolute Gasteiger partial charge is 0.267 e. The first kappa shape index (κ1) is 22.6. The number of rotatable bonds is 8. The van der Waals surface area contributed by atoms with Crippen molar-refractivity contribution in [3.05, 3.63) is 83.3 Å². The highest BCUT2D eigenvalue weighted by Crippen LogP contribution is 2.23. The minimum absolute atomic E-state index is 0.0506. The molecule has 7 nitrogen and oxygen atoms in total. The van der Waals surface area contributed by atoms with Crippen molar-refractivity contribution in [2.75, 3.05) is 6.61 Å². The number of carbonyl (C=O) groups is 2. The molecule has 1 aliphatic rings. The second-order valence-corrected chi connectivity index (χ2v) is 7.96. The monoisotopic (exact) mass is 445 g/mol. The lowest BCUT2D eigenvalue weighted by atomic mass is 10.1. The van der Waals surface area contributed by atoms with Gasteiger partial charge < -0.3 is 9.72 Å². The van der Waals surface area contributed by atoms with Crippen LogP contribution in [-0.2, 0) is 20.8 Å².